The van der Waals surface area contributed by atoms with Crippen LogP contribution < -0.4 is 10.1 Å². The molecule has 28 heavy (non-hydrogen) atoms. The summed E-state index contributed by atoms with van der Waals surface area (Å²) in [6.07, 6.45) is 2.19. The van der Waals surface area contributed by atoms with Gasteiger partial charge in [0.2, 0.25) is 11.0 Å². The van der Waals surface area contributed by atoms with E-state index in [-0.39, 0.29) is 11.8 Å². The lowest BCUT2D eigenvalue weighted by atomic mass is 9.87. The van der Waals surface area contributed by atoms with Crippen molar-refractivity contribution in [2.75, 3.05) is 11.9 Å². The highest BCUT2D eigenvalue weighted by Crippen LogP contribution is 2.41. The molecule has 0 saturated carbocycles. The number of rotatable bonds is 4. The Bertz CT molecular complexity index is 1150. The van der Waals surface area contributed by atoms with Crippen molar-refractivity contribution in [2.45, 2.75) is 19.3 Å². The van der Waals surface area contributed by atoms with Crippen molar-refractivity contribution >= 4 is 33.3 Å². The maximum absolute atomic E-state index is 12.5. The maximum atomic E-state index is 12.5. The average molecular weight is 390 g/mol. The molecular weight excluding hydrogens is 372 g/mol. The van der Waals surface area contributed by atoms with Gasteiger partial charge in [-0.05, 0) is 25.1 Å². The molecule has 0 spiro atoms. The molecule has 3 heterocycles. The van der Waals surface area contributed by atoms with Crippen LogP contribution in [-0.4, -0.2) is 27.3 Å². The smallest absolute Gasteiger partial charge is 0.226 e. The number of hydrogen-bond acceptors (Lipinski definition) is 5. The van der Waals surface area contributed by atoms with E-state index in [4.69, 9.17) is 4.74 Å². The van der Waals surface area contributed by atoms with Crippen LogP contribution in [-0.2, 0) is 4.79 Å². The van der Waals surface area contributed by atoms with Gasteiger partial charge in [0.05, 0.1) is 23.0 Å². The maximum Gasteiger partial charge on any atom is 0.226 e. The SMILES string of the molecule is CCOc1ccccc1C1CC(=O)Nc2c1cnn2-c1nc2ccccc2s1. The number of amides is 1. The van der Waals surface area contributed by atoms with E-state index >= 15 is 0 Å². The summed E-state index contributed by atoms with van der Waals surface area (Å²) in [6.45, 7) is 2.54. The Morgan fingerprint density at radius 1 is 1.18 bits per heavy atom. The number of thiazole rings is 1. The molecule has 1 aliphatic rings. The predicted molar refractivity (Wildman–Crippen MR) is 109 cm³/mol. The molecule has 1 atom stereocenters. The molecule has 0 bridgehead atoms. The fraction of sp³-hybridized carbons (Fsp3) is 0.190. The first kappa shape index (κ1) is 16.9. The minimum absolute atomic E-state index is 0.0355. The summed E-state index contributed by atoms with van der Waals surface area (Å²) in [5.74, 6) is 1.36. The van der Waals surface area contributed by atoms with Crippen LogP contribution in [0.1, 0.15) is 30.4 Å². The molecule has 0 radical (unpaired) electrons. The minimum atomic E-state index is -0.102. The second-order valence-electron chi connectivity index (χ2n) is 6.60. The fourth-order valence-electron chi connectivity index (χ4n) is 3.65. The average Bonchev–Trinajstić information content (AvgIpc) is 3.31. The van der Waals surface area contributed by atoms with Gasteiger partial charge in [0.25, 0.3) is 0 Å². The molecule has 1 amide bonds. The number of aromatic nitrogens is 3. The molecule has 2 aromatic carbocycles. The lowest BCUT2D eigenvalue weighted by Crippen LogP contribution is -2.24. The predicted octanol–water partition coefficient (Wildman–Crippen LogP) is 4.35. The van der Waals surface area contributed by atoms with E-state index in [2.05, 4.69) is 15.4 Å². The number of benzene rings is 2. The summed E-state index contributed by atoms with van der Waals surface area (Å²) in [6, 6.07) is 15.9. The number of fused-ring (bicyclic) bond motifs is 2. The van der Waals surface area contributed by atoms with E-state index in [9.17, 15) is 4.79 Å². The third-order valence-electron chi connectivity index (χ3n) is 4.88. The molecular formula is C21H18N4O2S. The molecule has 0 saturated heterocycles. The molecule has 1 N–H and O–H groups in total. The van der Waals surface area contributed by atoms with Crippen molar-refractivity contribution in [3.8, 4) is 10.9 Å². The molecule has 0 aliphatic carbocycles. The van der Waals surface area contributed by atoms with E-state index in [1.165, 1.54) is 0 Å². The Morgan fingerprint density at radius 3 is 2.86 bits per heavy atom. The zero-order valence-electron chi connectivity index (χ0n) is 15.3. The van der Waals surface area contributed by atoms with Crippen molar-refractivity contribution in [3.05, 3.63) is 65.9 Å². The van der Waals surface area contributed by atoms with Gasteiger partial charge in [-0.1, -0.05) is 41.7 Å². The minimum Gasteiger partial charge on any atom is -0.494 e. The van der Waals surface area contributed by atoms with Gasteiger partial charge in [-0.15, -0.1) is 0 Å². The van der Waals surface area contributed by atoms with E-state index in [0.29, 0.717) is 18.8 Å². The molecule has 140 valence electrons. The first-order chi connectivity index (χ1) is 13.7. The van der Waals surface area contributed by atoms with Gasteiger partial charge in [0, 0.05) is 23.5 Å². The second-order valence-corrected chi connectivity index (χ2v) is 7.61. The van der Waals surface area contributed by atoms with Crippen LogP contribution in [0.3, 0.4) is 0 Å². The number of hydrogen-bond donors (Lipinski definition) is 1. The fourth-order valence-corrected chi connectivity index (χ4v) is 4.58. The van der Waals surface area contributed by atoms with Crippen LogP contribution in [0.5, 0.6) is 5.75 Å². The lowest BCUT2D eigenvalue weighted by Gasteiger charge is -2.25. The van der Waals surface area contributed by atoms with E-state index < -0.39 is 0 Å². The Balaban J connectivity index is 1.62. The van der Waals surface area contributed by atoms with Crippen LogP contribution in [0, 0.1) is 0 Å². The highest BCUT2D eigenvalue weighted by atomic mass is 32.1. The quantitative estimate of drug-likeness (QED) is 0.562. The van der Waals surface area contributed by atoms with Crippen LogP contribution >= 0.6 is 11.3 Å². The topological polar surface area (TPSA) is 69.0 Å². The van der Waals surface area contributed by atoms with E-state index in [1.807, 2.05) is 61.7 Å². The highest BCUT2D eigenvalue weighted by molar-refractivity contribution is 7.20. The molecule has 5 rings (SSSR count). The van der Waals surface area contributed by atoms with Gasteiger partial charge in [-0.3, -0.25) is 4.79 Å². The molecule has 2 aromatic heterocycles. The Morgan fingerprint density at radius 2 is 2.00 bits per heavy atom. The number of para-hydroxylation sites is 2. The second kappa shape index (κ2) is 6.76. The summed E-state index contributed by atoms with van der Waals surface area (Å²) < 4.78 is 8.62. The lowest BCUT2D eigenvalue weighted by molar-refractivity contribution is -0.116. The monoisotopic (exact) mass is 390 g/mol. The first-order valence-electron chi connectivity index (χ1n) is 9.20. The first-order valence-corrected chi connectivity index (χ1v) is 10.0. The van der Waals surface area contributed by atoms with Gasteiger partial charge in [0.1, 0.15) is 11.6 Å². The molecule has 6 nitrogen and oxygen atoms in total. The van der Waals surface area contributed by atoms with Crippen molar-refractivity contribution in [1.82, 2.24) is 14.8 Å². The largest absolute Gasteiger partial charge is 0.494 e. The van der Waals surface area contributed by atoms with Gasteiger partial charge >= 0.3 is 0 Å². The number of nitrogens with one attached hydrogen (secondary N) is 1. The van der Waals surface area contributed by atoms with Crippen molar-refractivity contribution in [3.63, 3.8) is 0 Å². The molecule has 1 unspecified atom stereocenters. The summed E-state index contributed by atoms with van der Waals surface area (Å²) in [5, 5.41) is 8.29. The Labute approximate surface area is 165 Å². The summed E-state index contributed by atoms with van der Waals surface area (Å²) in [5.41, 5.74) is 2.91. The number of anilines is 1. The molecule has 0 fully saturated rings. The van der Waals surface area contributed by atoms with Gasteiger partial charge in [0.15, 0.2) is 0 Å². The summed E-state index contributed by atoms with van der Waals surface area (Å²) >= 11 is 1.55. The Hall–Kier alpha value is -3.19. The highest BCUT2D eigenvalue weighted by Gasteiger charge is 2.32. The number of carbonyl (C=O) groups is 1. The zero-order chi connectivity index (χ0) is 19.1. The molecule has 1 aliphatic heterocycles. The van der Waals surface area contributed by atoms with Gasteiger partial charge in [-0.25, -0.2) is 4.98 Å². The Kier molecular flexibility index (Phi) is 4.09. The molecule has 7 heteroatoms. The van der Waals surface area contributed by atoms with Crippen molar-refractivity contribution < 1.29 is 9.53 Å². The van der Waals surface area contributed by atoms with E-state index in [0.717, 1.165) is 32.2 Å². The van der Waals surface area contributed by atoms with Crippen molar-refractivity contribution in [1.29, 1.82) is 0 Å². The standard InChI is InChI=1S/C21H18N4O2S/c1-2-27-17-9-5-3-7-13(17)14-11-19(26)24-20-15(14)12-22-25(20)21-23-16-8-4-6-10-18(16)28-21/h3-10,12,14H,2,11H2,1H3,(H,24,26). The zero-order valence-corrected chi connectivity index (χ0v) is 16.1. The van der Waals surface area contributed by atoms with Crippen LogP contribution in [0.4, 0.5) is 5.82 Å². The van der Waals surface area contributed by atoms with Crippen LogP contribution in [0.25, 0.3) is 15.3 Å². The van der Waals surface area contributed by atoms with Crippen molar-refractivity contribution in [2.24, 2.45) is 0 Å². The van der Waals surface area contributed by atoms with Crippen LogP contribution in [0.15, 0.2) is 54.7 Å². The van der Waals surface area contributed by atoms with Crippen LogP contribution in [0.2, 0.25) is 0 Å². The number of ether oxygens (including phenoxy) is 1. The summed E-state index contributed by atoms with van der Waals surface area (Å²) in [4.78, 5) is 17.2. The normalized spacial score (nSPS) is 16.0. The van der Waals surface area contributed by atoms with Gasteiger partial charge < -0.3 is 10.1 Å². The number of carbonyl (C=O) groups excluding carboxylic acids is 1. The number of nitrogens with zero attached hydrogens (tertiary/aromatic N) is 3. The third kappa shape index (κ3) is 2.75. The van der Waals surface area contributed by atoms with Gasteiger partial charge in [-0.2, -0.15) is 9.78 Å². The van der Waals surface area contributed by atoms with E-state index in [1.54, 1.807) is 16.0 Å². The third-order valence-corrected chi connectivity index (χ3v) is 5.89. The molecule has 4 aromatic rings. The summed E-state index contributed by atoms with van der Waals surface area (Å²) in [7, 11) is 0.